The lowest BCUT2D eigenvalue weighted by Crippen LogP contribution is -2.23. The fraction of sp³-hybridized carbons (Fsp3) is 0.125. The van der Waals surface area contributed by atoms with Crippen LogP contribution in [0.4, 0.5) is 0 Å². The highest BCUT2D eigenvalue weighted by Crippen LogP contribution is 2.30. The minimum Gasteiger partial charge on any atom is -0.490 e. The minimum absolute atomic E-state index is 0.0805. The highest BCUT2D eigenvalue weighted by atomic mass is 16.6. The number of nitriles is 1. The van der Waals surface area contributed by atoms with Gasteiger partial charge < -0.3 is 19.2 Å². The molecule has 31 heavy (non-hydrogen) atoms. The Hall–Kier alpha value is -4.31. The molecular weight excluding hydrogens is 396 g/mol. The Bertz CT molecular complexity index is 1110. The molecule has 0 aliphatic rings. The monoisotopic (exact) mass is 416 g/mol. The van der Waals surface area contributed by atoms with Crippen molar-refractivity contribution in [3.05, 3.63) is 89.4 Å². The number of nitrogens with one attached hydrogen (secondary N) is 1. The molecule has 0 bridgehead atoms. The molecule has 7 nitrogen and oxygen atoms in total. The van der Waals surface area contributed by atoms with E-state index in [2.05, 4.69) is 5.32 Å². The van der Waals surface area contributed by atoms with Crippen LogP contribution in [0, 0.1) is 11.3 Å². The number of hydrogen-bond donors (Lipinski definition) is 1. The molecule has 1 heterocycles. The summed E-state index contributed by atoms with van der Waals surface area (Å²) in [6.07, 6.45) is 2.94. The second kappa shape index (κ2) is 10.5. The van der Waals surface area contributed by atoms with Gasteiger partial charge in [-0.3, -0.25) is 4.79 Å². The van der Waals surface area contributed by atoms with E-state index >= 15 is 0 Å². The number of carbonyl (C=O) groups is 2. The van der Waals surface area contributed by atoms with E-state index in [1.165, 1.54) is 12.3 Å². The van der Waals surface area contributed by atoms with Gasteiger partial charge in [0.05, 0.1) is 25.0 Å². The van der Waals surface area contributed by atoms with E-state index in [0.29, 0.717) is 29.2 Å². The molecule has 3 rings (SSSR count). The summed E-state index contributed by atoms with van der Waals surface area (Å²) in [6, 6.07) is 18.7. The summed E-state index contributed by atoms with van der Waals surface area (Å²) in [5.74, 6) is 0.104. The minimum atomic E-state index is -0.531. The lowest BCUT2D eigenvalue weighted by molar-refractivity contribution is -0.117. The summed E-state index contributed by atoms with van der Waals surface area (Å²) in [5, 5.41) is 12.0. The van der Waals surface area contributed by atoms with Crippen LogP contribution < -0.4 is 14.8 Å². The first-order valence-corrected chi connectivity index (χ1v) is 9.57. The molecule has 2 aromatic carbocycles. The maximum absolute atomic E-state index is 12.3. The largest absolute Gasteiger partial charge is 0.490 e. The molecule has 7 heteroatoms. The highest BCUT2D eigenvalue weighted by Gasteiger charge is 2.14. The van der Waals surface area contributed by atoms with Crippen LogP contribution in [-0.4, -0.2) is 18.5 Å². The molecule has 0 atom stereocenters. The van der Waals surface area contributed by atoms with Crippen LogP contribution in [0.1, 0.15) is 28.6 Å². The van der Waals surface area contributed by atoms with E-state index in [1.54, 1.807) is 67.6 Å². The molecule has 0 saturated heterocycles. The Labute approximate surface area is 179 Å². The van der Waals surface area contributed by atoms with E-state index in [-0.39, 0.29) is 17.9 Å². The van der Waals surface area contributed by atoms with Gasteiger partial charge >= 0.3 is 5.97 Å². The van der Waals surface area contributed by atoms with Crippen LogP contribution in [-0.2, 0) is 11.3 Å². The van der Waals surface area contributed by atoms with Gasteiger partial charge in [0.15, 0.2) is 11.5 Å². The van der Waals surface area contributed by atoms with Gasteiger partial charge in [-0.15, -0.1) is 0 Å². The molecule has 0 fully saturated rings. The van der Waals surface area contributed by atoms with Crippen LogP contribution in [0.15, 0.2) is 76.9 Å². The molecular formula is C24H20N2O5. The van der Waals surface area contributed by atoms with Crippen molar-refractivity contribution in [3.8, 4) is 17.6 Å². The molecule has 3 aromatic rings. The Morgan fingerprint density at radius 2 is 1.90 bits per heavy atom. The SMILES string of the molecule is CCOc1cc(/C=C(\C#N)C(=O)NCc2ccco2)ccc1OC(=O)c1ccccc1. The van der Waals surface area contributed by atoms with Crippen LogP contribution >= 0.6 is 0 Å². The van der Waals surface area contributed by atoms with Crippen LogP contribution in [0.3, 0.4) is 0 Å². The molecule has 0 saturated carbocycles. The number of carbonyl (C=O) groups excluding carboxylic acids is 2. The highest BCUT2D eigenvalue weighted by molar-refractivity contribution is 6.01. The zero-order valence-corrected chi connectivity index (χ0v) is 16.8. The number of ether oxygens (including phenoxy) is 2. The van der Waals surface area contributed by atoms with E-state index in [1.807, 2.05) is 6.07 Å². The molecule has 1 amide bonds. The van der Waals surface area contributed by atoms with Crippen molar-refractivity contribution in [1.29, 1.82) is 5.26 Å². The predicted octanol–water partition coefficient (Wildman–Crippen LogP) is 4.12. The Kier molecular flexibility index (Phi) is 7.22. The molecule has 0 spiro atoms. The van der Waals surface area contributed by atoms with Crippen molar-refractivity contribution in [2.75, 3.05) is 6.61 Å². The molecule has 0 aliphatic carbocycles. The van der Waals surface area contributed by atoms with E-state index in [0.717, 1.165) is 0 Å². The summed E-state index contributed by atoms with van der Waals surface area (Å²) in [6.45, 7) is 2.31. The zero-order chi connectivity index (χ0) is 22.1. The molecule has 156 valence electrons. The first-order valence-electron chi connectivity index (χ1n) is 9.57. The number of hydrogen-bond acceptors (Lipinski definition) is 6. The second-order valence-corrected chi connectivity index (χ2v) is 6.33. The summed E-state index contributed by atoms with van der Waals surface area (Å²) < 4.78 is 16.2. The third-order valence-electron chi connectivity index (χ3n) is 4.16. The Morgan fingerprint density at radius 3 is 2.58 bits per heavy atom. The second-order valence-electron chi connectivity index (χ2n) is 6.33. The molecule has 0 aliphatic heterocycles. The standard InChI is InChI=1S/C24H20N2O5/c1-2-29-22-14-17(10-11-21(22)31-24(28)18-7-4-3-5-8-18)13-19(15-25)23(27)26-16-20-9-6-12-30-20/h3-14H,2,16H2,1H3,(H,26,27)/b19-13+. The van der Waals surface area contributed by atoms with E-state index in [9.17, 15) is 14.9 Å². The molecule has 1 N–H and O–H groups in total. The van der Waals surface area contributed by atoms with Gasteiger partial charge in [-0.25, -0.2) is 4.79 Å². The molecule has 1 aromatic heterocycles. The summed E-state index contributed by atoms with van der Waals surface area (Å²) in [5.41, 5.74) is 0.879. The lowest BCUT2D eigenvalue weighted by atomic mass is 10.1. The van der Waals surface area contributed by atoms with Crippen molar-refractivity contribution >= 4 is 18.0 Å². The van der Waals surface area contributed by atoms with Gasteiger partial charge in [0, 0.05) is 0 Å². The Morgan fingerprint density at radius 1 is 1.10 bits per heavy atom. The van der Waals surface area contributed by atoms with Gasteiger partial charge in [-0.05, 0) is 55.0 Å². The van der Waals surface area contributed by atoms with E-state index in [4.69, 9.17) is 13.9 Å². The van der Waals surface area contributed by atoms with Gasteiger partial charge in [0.25, 0.3) is 5.91 Å². The zero-order valence-electron chi connectivity index (χ0n) is 16.8. The van der Waals surface area contributed by atoms with Crippen molar-refractivity contribution in [1.82, 2.24) is 5.32 Å². The number of rotatable bonds is 8. The van der Waals surface area contributed by atoms with Gasteiger partial charge in [0.1, 0.15) is 17.4 Å². The number of esters is 1. The third kappa shape index (κ3) is 5.84. The van der Waals surface area contributed by atoms with Crippen molar-refractivity contribution < 1.29 is 23.5 Å². The fourth-order valence-corrected chi connectivity index (χ4v) is 2.69. The fourth-order valence-electron chi connectivity index (χ4n) is 2.69. The average molecular weight is 416 g/mol. The quantitative estimate of drug-likeness (QED) is 0.257. The van der Waals surface area contributed by atoms with Crippen molar-refractivity contribution in [2.45, 2.75) is 13.5 Å². The first-order chi connectivity index (χ1) is 15.1. The number of amides is 1. The van der Waals surface area contributed by atoms with Crippen molar-refractivity contribution in [3.63, 3.8) is 0 Å². The molecule has 0 unspecified atom stereocenters. The normalized spacial score (nSPS) is 10.8. The van der Waals surface area contributed by atoms with E-state index < -0.39 is 11.9 Å². The maximum atomic E-state index is 12.3. The van der Waals surface area contributed by atoms with Crippen LogP contribution in [0.25, 0.3) is 6.08 Å². The summed E-state index contributed by atoms with van der Waals surface area (Å²) in [4.78, 5) is 24.7. The smallest absolute Gasteiger partial charge is 0.343 e. The third-order valence-corrected chi connectivity index (χ3v) is 4.16. The van der Waals surface area contributed by atoms with Gasteiger partial charge in [-0.1, -0.05) is 24.3 Å². The Balaban J connectivity index is 1.77. The van der Waals surface area contributed by atoms with Crippen LogP contribution in [0.5, 0.6) is 11.5 Å². The molecule has 0 radical (unpaired) electrons. The maximum Gasteiger partial charge on any atom is 0.343 e. The van der Waals surface area contributed by atoms with Crippen molar-refractivity contribution in [2.24, 2.45) is 0 Å². The predicted molar refractivity (Wildman–Crippen MR) is 113 cm³/mol. The lowest BCUT2D eigenvalue weighted by Gasteiger charge is -2.11. The van der Waals surface area contributed by atoms with Crippen LogP contribution in [0.2, 0.25) is 0 Å². The number of nitrogens with zero attached hydrogens (tertiary/aromatic N) is 1. The first kappa shape index (κ1) is 21.4. The summed E-state index contributed by atoms with van der Waals surface area (Å²) in [7, 11) is 0. The van der Waals surface area contributed by atoms with Gasteiger partial charge in [0.2, 0.25) is 0 Å². The van der Waals surface area contributed by atoms with Gasteiger partial charge in [-0.2, -0.15) is 5.26 Å². The number of benzene rings is 2. The number of furan rings is 1. The topological polar surface area (TPSA) is 102 Å². The summed E-state index contributed by atoms with van der Waals surface area (Å²) >= 11 is 0. The average Bonchev–Trinajstić information content (AvgIpc) is 3.32.